The van der Waals surface area contributed by atoms with Crippen molar-refractivity contribution < 1.29 is 0 Å². The zero-order valence-corrected chi connectivity index (χ0v) is 13.3. The molecule has 0 aromatic rings. The van der Waals surface area contributed by atoms with Crippen molar-refractivity contribution in [2.24, 2.45) is 11.5 Å². The first-order chi connectivity index (χ1) is 10.2. The molecule has 0 spiro atoms. The highest BCUT2D eigenvalue weighted by atomic mass is 14.5. The number of nitrogens with two attached hydrogens (primary N) is 2. The topological polar surface area (TPSA) is 52.0 Å². The van der Waals surface area contributed by atoms with E-state index in [9.17, 15) is 0 Å². The third-order valence-corrected chi connectivity index (χ3v) is 2.53. The van der Waals surface area contributed by atoms with Gasteiger partial charge in [0.1, 0.15) is 0 Å². The fraction of sp³-hybridized carbons (Fsp3) is 0.100. The summed E-state index contributed by atoms with van der Waals surface area (Å²) in [5.41, 5.74) is 15.6. The number of rotatable bonds is 10. The molecule has 0 saturated carbocycles. The van der Waals surface area contributed by atoms with E-state index in [1.165, 1.54) is 0 Å². The molecule has 0 aromatic heterocycles. The van der Waals surface area contributed by atoms with Crippen LogP contribution in [0.5, 0.6) is 0 Å². The van der Waals surface area contributed by atoms with Gasteiger partial charge in [-0.2, -0.15) is 0 Å². The first-order valence-electron chi connectivity index (χ1n) is 6.84. The Morgan fingerprint density at radius 1 is 0.500 bits per heavy atom. The molecule has 0 saturated heterocycles. The maximum absolute atomic E-state index is 5.46. The summed E-state index contributed by atoms with van der Waals surface area (Å²) >= 11 is 0. The fourth-order valence-corrected chi connectivity index (χ4v) is 1.50. The smallest absolute Gasteiger partial charge is 0.0241 e. The lowest BCUT2D eigenvalue weighted by atomic mass is 10.0. The predicted molar refractivity (Wildman–Crippen MR) is 99.9 cm³/mol. The minimum Gasteiger partial charge on any atom is -0.399 e. The maximum atomic E-state index is 5.46. The van der Waals surface area contributed by atoms with Gasteiger partial charge in [-0.25, -0.2) is 0 Å². The molecule has 0 bridgehead atoms. The van der Waals surface area contributed by atoms with E-state index < -0.39 is 0 Å². The molecule has 22 heavy (non-hydrogen) atoms. The number of hydrogen-bond donors (Lipinski definition) is 2. The average Bonchev–Trinajstić information content (AvgIpc) is 2.40. The Hall–Kier alpha value is -2.74. The molecule has 0 rings (SSSR count). The van der Waals surface area contributed by atoms with Crippen LogP contribution in [-0.4, -0.2) is 0 Å². The van der Waals surface area contributed by atoms with E-state index in [-0.39, 0.29) is 0 Å². The molecule has 0 fully saturated rings. The van der Waals surface area contributed by atoms with E-state index >= 15 is 0 Å². The summed E-state index contributed by atoms with van der Waals surface area (Å²) in [7, 11) is 0. The summed E-state index contributed by atoms with van der Waals surface area (Å²) in [6.45, 7) is 23.0. The van der Waals surface area contributed by atoms with Gasteiger partial charge in [0.2, 0.25) is 0 Å². The zero-order chi connectivity index (χ0) is 17.1. The van der Waals surface area contributed by atoms with Crippen molar-refractivity contribution in [3.05, 3.63) is 110 Å². The summed E-state index contributed by atoms with van der Waals surface area (Å²) in [6, 6.07) is 0. The standard InChI is InChI=1S/C20H26N2/c1-15(13-17(3)9-11-19(5)21)7-8-16(2)14-18(4)10-12-20(6)22/h7-12H,1-6,13-14,21-22H2/b8-7-,11-9-,12-10-. The summed E-state index contributed by atoms with van der Waals surface area (Å²) < 4.78 is 0. The first kappa shape index (κ1) is 19.3. The van der Waals surface area contributed by atoms with Crippen molar-refractivity contribution in [1.82, 2.24) is 0 Å². The van der Waals surface area contributed by atoms with Gasteiger partial charge in [-0.1, -0.05) is 86.1 Å². The van der Waals surface area contributed by atoms with Gasteiger partial charge in [-0.05, 0) is 25.0 Å². The van der Waals surface area contributed by atoms with E-state index in [0.717, 1.165) is 22.3 Å². The van der Waals surface area contributed by atoms with Crippen LogP contribution in [0.15, 0.2) is 110 Å². The Balaban J connectivity index is 4.35. The van der Waals surface area contributed by atoms with E-state index in [2.05, 4.69) is 39.5 Å². The lowest BCUT2D eigenvalue weighted by Crippen LogP contribution is -1.89. The van der Waals surface area contributed by atoms with Crippen LogP contribution in [0.3, 0.4) is 0 Å². The first-order valence-corrected chi connectivity index (χ1v) is 6.84. The molecular formula is C20H26N2. The molecule has 0 aromatic carbocycles. The lowest BCUT2D eigenvalue weighted by Gasteiger charge is -2.03. The minimum atomic E-state index is 0.502. The largest absolute Gasteiger partial charge is 0.399 e. The van der Waals surface area contributed by atoms with Crippen molar-refractivity contribution in [1.29, 1.82) is 0 Å². The second-order valence-electron chi connectivity index (χ2n) is 5.14. The normalized spacial score (nSPS) is 11.1. The van der Waals surface area contributed by atoms with Crippen LogP contribution in [0, 0.1) is 0 Å². The van der Waals surface area contributed by atoms with Crippen LogP contribution < -0.4 is 11.5 Å². The van der Waals surface area contributed by atoms with Crippen molar-refractivity contribution in [2.75, 3.05) is 0 Å². The third-order valence-electron chi connectivity index (χ3n) is 2.53. The molecule has 0 heterocycles. The number of allylic oxidation sites excluding steroid dienone is 10. The van der Waals surface area contributed by atoms with E-state index in [1.54, 1.807) is 12.2 Å². The highest BCUT2D eigenvalue weighted by molar-refractivity contribution is 5.35. The SMILES string of the molecule is C=C(N)/C=C\C(=C)CC(=C)/C=C\C(=C)CC(=C)/C=C\C(=C)N. The Morgan fingerprint density at radius 3 is 0.955 bits per heavy atom. The van der Waals surface area contributed by atoms with Crippen molar-refractivity contribution >= 4 is 0 Å². The fourth-order valence-electron chi connectivity index (χ4n) is 1.50. The van der Waals surface area contributed by atoms with Gasteiger partial charge in [-0.3, -0.25) is 0 Å². The van der Waals surface area contributed by atoms with Crippen LogP contribution in [0.4, 0.5) is 0 Å². The van der Waals surface area contributed by atoms with Crippen LogP contribution in [0.1, 0.15) is 12.8 Å². The lowest BCUT2D eigenvalue weighted by molar-refractivity contribution is 1.20. The predicted octanol–water partition coefficient (Wildman–Crippen LogP) is 4.60. The molecule has 0 radical (unpaired) electrons. The van der Waals surface area contributed by atoms with Crippen LogP contribution in [-0.2, 0) is 0 Å². The third kappa shape index (κ3) is 11.1. The highest BCUT2D eigenvalue weighted by Crippen LogP contribution is 2.14. The molecule has 116 valence electrons. The second-order valence-corrected chi connectivity index (χ2v) is 5.14. The van der Waals surface area contributed by atoms with E-state index in [4.69, 9.17) is 11.5 Å². The van der Waals surface area contributed by atoms with Gasteiger partial charge in [0.25, 0.3) is 0 Å². The zero-order valence-electron chi connectivity index (χ0n) is 13.3. The molecule has 4 N–H and O–H groups in total. The van der Waals surface area contributed by atoms with Gasteiger partial charge in [0.05, 0.1) is 0 Å². The Bertz CT molecular complexity index is 529. The van der Waals surface area contributed by atoms with Gasteiger partial charge < -0.3 is 11.5 Å². The average molecular weight is 294 g/mol. The molecule has 2 nitrogen and oxygen atoms in total. The molecule has 2 heteroatoms. The second kappa shape index (κ2) is 10.1. The van der Waals surface area contributed by atoms with E-state index in [0.29, 0.717) is 24.2 Å². The Kier molecular flexibility index (Phi) is 8.80. The van der Waals surface area contributed by atoms with Crippen molar-refractivity contribution in [2.45, 2.75) is 12.8 Å². The van der Waals surface area contributed by atoms with Gasteiger partial charge in [0, 0.05) is 11.4 Å². The monoisotopic (exact) mass is 294 g/mol. The van der Waals surface area contributed by atoms with Gasteiger partial charge in [-0.15, -0.1) is 0 Å². The van der Waals surface area contributed by atoms with Crippen LogP contribution in [0.25, 0.3) is 0 Å². The van der Waals surface area contributed by atoms with Gasteiger partial charge >= 0.3 is 0 Å². The summed E-state index contributed by atoms with van der Waals surface area (Å²) in [4.78, 5) is 0. The van der Waals surface area contributed by atoms with Crippen LogP contribution >= 0.6 is 0 Å². The highest BCUT2D eigenvalue weighted by Gasteiger charge is 1.95. The van der Waals surface area contributed by atoms with Crippen molar-refractivity contribution in [3.8, 4) is 0 Å². The quantitative estimate of drug-likeness (QED) is 0.578. The molecule has 0 aliphatic rings. The molecule has 0 unspecified atom stereocenters. The molecule has 0 atom stereocenters. The van der Waals surface area contributed by atoms with E-state index in [1.807, 2.05) is 24.3 Å². The molecule has 0 amide bonds. The summed E-state index contributed by atoms with van der Waals surface area (Å²) in [5.74, 6) is 0. The molecule has 0 aliphatic heterocycles. The maximum Gasteiger partial charge on any atom is 0.0241 e. The molecular weight excluding hydrogens is 268 g/mol. The molecule has 0 aliphatic carbocycles. The van der Waals surface area contributed by atoms with Gasteiger partial charge in [0.15, 0.2) is 0 Å². The number of hydrogen-bond acceptors (Lipinski definition) is 2. The Morgan fingerprint density at radius 2 is 0.727 bits per heavy atom. The summed E-state index contributed by atoms with van der Waals surface area (Å²) in [5, 5.41) is 0. The minimum absolute atomic E-state index is 0.502. The van der Waals surface area contributed by atoms with Crippen LogP contribution in [0.2, 0.25) is 0 Å². The summed E-state index contributed by atoms with van der Waals surface area (Å²) in [6.07, 6.45) is 12.3. The Labute approximate surface area is 134 Å². The van der Waals surface area contributed by atoms with Crippen molar-refractivity contribution in [3.63, 3.8) is 0 Å².